The topological polar surface area (TPSA) is 343 Å². The highest BCUT2D eigenvalue weighted by Gasteiger charge is 2.46. The van der Waals surface area contributed by atoms with E-state index in [1.165, 1.54) is 26.0 Å². The van der Waals surface area contributed by atoms with Crippen molar-refractivity contribution in [1.82, 2.24) is 41.7 Å². The highest BCUT2D eigenvalue weighted by Crippen LogP contribution is 2.28. The van der Waals surface area contributed by atoms with Crippen molar-refractivity contribution >= 4 is 53.2 Å². The predicted molar refractivity (Wildman–Crippen MR) is 306 cm³/mol. The van der Waals surface area contributed by atoms with E-state index in [0.717, 1.165) is 57.1 Å². The van der Waals surface area contributed by atoms with Crippen LogP contribution in [0.5, 0.6) is 11.5 Å². The summed E-state index contributed by atoms with van der Waals surface area (Å²) in [6.07, 6.45) is -2.84. The van der Waals surface area contributed by atoms with Gasteiger partial charge in [0.2, 0.25) is 41.4 Å². The molecule has 0 aromatic heterocycles. The van der Waals surface area contributed by atoms with Gasteiger partial charge >= 0.3 is 5.97 Å². The highest BCUT2D eigenvalue weighted by atomic mass is 16.5. The summed E-state index contributed by atoms with van der Waals surface area (Å²) in [6.45, 7) is 4.38. The summed E-state index contributed by atoms with van der Waals surface area (Å²) >= 11 is 0. The van der Waals surface area contributed by atoms with Gasteiger partial charge in [-0.05, 0) is 117 Å². The van der Waals surface area contributed by atoms with Gasteiger partial charge in [0.25, 0.3) is 5.91 Å². The summed E-state index contributed by atoms with van der Waals surface area (Å²) in [6, 6.07) is 18.4. The van der Waals surface area contributed by atoms with Gasteiger partial charge in [-0.1, -0.05) is 80.4 Å². The molecule has 0 radical (unpaired) electrons. The lowest BCUT2D eigenvalue weighted by Gasteiger charge is -2.32. The zero-order valence-electron chi connectivity index (χ0n) is 47.3. The van der Waals surface area contributed by atoms with E-state index in [2.05, 4.69) is 38.8 Å². The number of nitrogens with one attached hydrogen (secondary N) is 6. The number of carboxylic acid groups (broad SMARTS) is 1. The molecule has 3 aliphatic heterocycles. The largest absolute Gasteiger partial charge is 0.508 e. The summed E-state index contributed by atoms with van der Waals surface area (Å²) in [4.78, 5) is 127. The Morgan fingerprint density at radius 2 is 1.23 bits per heavy atom. The smallest absolute Gasteiger partial charge is 0.303 e. The molecule has 0 saturated carbocycles. The number of phenolic OH excluding ortho intramolecular Hbond substituents is 1. The fourth-order valence-electron chi connectivity index (χ4n) is 10.5. The average molecular weight is 1160 g/mol. The zero-order valence-corrected chi connectivity index (χ0v) is 47.3. The van der Waals surface area contributed by atoms with Crippen LogP contribution in [-0.2, 0) is 44.8 Å². The number of aliphatic hydroxyl groups is 3. The van der Waals surface area contributed by atoms with Gasteiger partial charge in [-0.15, -0.1) is 0 Å². The molecule has 0 spiro atoms. The van der Waals surface area contributed by atoms with Crippen molar-refractivity contribution in [1.29, 1.82) is 0 Å². The monoisotopic (exact) mass is 1160 g/mol. The molecule has 0 aliphatic carbocycles. The third-order valence-electron chi connectivity index (χ3n) is 15.2. The van der Waals surface area contributed by atoms with E-state index in [9.17, 15) is 68.7 Å². The molecule has 84 heavy (non-hydrogen) atoms. The Morgan fingerprint density at radius 1 is 0.667 bits per heavy atom. The minimum atomic E-state index is -1.74. The van der Waals surface area contributed by atoms with E-state index >= 15 is 0 Å². The van der Waals surface area contributed by atoms with Gasteiger partial charge in [-0.25, -0.2) is 0 Å². The van der Waals surface area contributed by atoms with Crippen LogP contribution >= 0.6 is 0 Å². The third-order valence-corrected chi connectivity index (χ3v) is 15.2. The maximum absolute atomic E-state index is 14.6. The number of aliphatic carboxylic acids is 1. The summed E-state index contributed by atoms with van der Waals surface area (Å²) in [5.41, 5.74) is 4.45. The van der Waals surface area contributed by atoms with Crippen LogP contribution in [0.1, 0.15) is 101 Å². The fraction of sp³-hybridized carbons (Fsp3) is 0.459. The summed E-state index contributed by atoms with van der Waals surface area (Å²) < 4.78 is 5.86. The van der Waals surface area contributed by atoms with E-state index in [0.29, 0.717) is 12.2 Å². The van der Waals surface area contributed by atoms with Crippen LogP contribution in [0.25, 0.3) is 22.3 Å². The average Bonchev–Trinajstić information content (AvgIpc) is 4.31. The second-order valence-corrected chi connectivity index (χ2v) is 21.7. The SMILES string of the molecule is CCCCCOc1ccc(-c2ccc(-c3ccc(C(=O)NC4CCCNC(=O)C5C[C@H](NC(=O)CCC(=O)O)CN5C(=O)C([C@@H](C)O)NC(=O)C(CCc5ccc(O)cc5)NC(=O)C5C[C@@H](O)CN5C(=O)C([C@@H](C)O)NC4=O)cc3)cc2)cc1. The Balaban J connectivity index is 1.14. The number of rotatable bonds is 18. The van der Waals surface area contributed by atoms with Crippen molar-refractivity contribution in [2.75, 3.05) is 26.2 Å². The number of aliphatic hydroxyl groups excluding tert-OH is 3. The number of fused-ring (bicyclic) bond motifs is 2. The minimum Gasteiger partial charge on any atom is -0.508 e. The minimum absolute atomic E-state index is 0.00221. The number of aromatic hydroxyl groups is 1. The van der Waals surface area contributed by atoms with Crippen molar-refractivity contribution in [3.05, 3.63) is 108 Å². The van der Waals surface area contributed by atoms with E-state index in [4.69, 9.17) is 4.74 Å². The molecule has 8 amide bonds. The molecule has 3 fully saturated rings. The van der Waals surface area contributed by atoms with Crippen molar-refractivity contribution in [3.63, 3.8) is 0 Å². The number of unbranched alkanes of at least 4 members (excludes halogenated alkanes) is 2. The molecule has 0 bridgehead atoms. The quantitative estimate of drug-likeness (QED) is 0.0636. The lowest BCUT2D eigenvalue weighted by Crippen LogP contribution is -2.61. The first kappa shape index (κ1) is 63.2. The molecule has 3 aliphatic rings. The maximum atomic E-state index is 14.6. The van der Waals surface area contributed by atoms with Crippen LogP contribution in [0.4, 0.5) is 0 Å². The number of nitrogens with zero attached hydrogens (tertiary/aromatic N) is 2. The fourth-order valence-corrected chi connectivity index (χ4v) is 10.5. The van der Waals surface area contributed by atoms with Gasteiger partial charge in [0.1, 0.15) is 47.8 Å². The van der Waals surface area contributed by atoms with Crippen molar-refractivity contribution in [2.24, 2.45) is 0 Å². The van der Waals surface area contributed by atoms with Crippen LogP contribution < -0.4 is 36.6 Å². The van der Waals surface area contributed by atoms with Crippen LogP contribution in [0.15, 0.2) is 97.1 Å². The summed E-state index contributed by atoms with van der Waals surface area (Å²) in [7, 11) is 0. The predicted octanol–water partition coefficient (Wildman–Crippen LogP) is 2.06. The highest BCUT2D eigenvalue weighted by molar-refractivity contribution is 6.00. The van der Waals surface area contributed by atoms with Crippen LogP contribution in [0, 0.1) is 0 Å². The molecule has 450 valence electrons. The Morgan fingerprint density at radius 3 is 1.81 bits per heavy atom. The van der Waals surface area contributed by atoms with E-state index in [1.807, 2.05) is 48.5 Å². The third kappa shape index (κ3) is 17.1. The number of carboxylic acids is 1. The summed E-state index contributed by atoms with van der Waals surface area (Å²) in [5.74, 6) is -7.26. The first-order valence-electron chi connectivity index (χ1n) is 28.6. The molecule has 23 nitrogen and oxygen atoms in total. The van der Waals surface area contributed by atoms with Gasteiger partial charge in [-0.2, -0.15) is 0 Å². The molecule has 23 heteroatoms. The van der Waals surface area contributed by atoms with Gasteiger partial charge in [0, 0.05) is 44.1 Å². The Bertz CT molecular complexity index is 2960. The lowest BCUT2D eigenvalue weighted by atomic mass is 9.99. The molecule has 7 rings (SSSR count). The van der Waals surface area contributed by atoms with Gasteiger partial charge < -0.3 is 72.0 Å². The normalized spacial score (nSPS) is 23.5. The van der Waals surface area contributed by atoms with E-state index < -0.39 is 133 Å². The van der Waals surface area contributed by atoms with E-state index in [1.54, 1.807) is 36.4 Å². The molecule has 3 saturated heterocycles. The molecular weight excluding hydrogens is 1080 g/mol. The number of hydrogen-bond acceptors (Lipinski definition) is 14. The molecule has 4 aromatic carbocycles. The molecule has 11 N–H and O–H groups in total. The van der Waals surface area contributed by atoms with Crippen molar-refractivity contribution in [3.8, 4) is 33.8 Å². The van der Waals surface area contributed by atoms with Crippen LogP contribution in [0.2, 0.25) is 0 Å². The number of carbonyl (C=O) groups excluding carboxylic acids is 8. The van der Waals surface area contributed by atoms with Crippen molar-refractivity contribution < 1.29 is 73.4 Å². The Kier molecular flexibility index (Phi) is 22.3. The lowest BCUT2D eigenvalue weighted by molar-refractivity contribution is -0.145. The van der Waals surface area contributed by atoms with Crippen LogP contribution in [0.3, 0.4) is 0 Å². The number of hydrogen-bond donors (Lipinski definition) is 11. The zero-order chi connectivity index (χ0) is 60.6. The molecule has 10 atom stereocenters. The summed E-state index contributed by atoms with van der Waals surface area (Å²) in [5, 5.41) is 68.0. The number of carbonyl (C=O) groups is 9. The second kappa shape index (κ2) is 29.7. The molecular formula is C61H76N8O15. The van der Waals surface area contributed by atoms with Gasteiger partial charge in [0.05, 0.1) is 31.3 Å². The van der Waals surface area contributed by atoms with Crippen LogP contribution in [-0.4, -0.2) is 175 Å². The first-order chi connectivity index (χ1) is 40.2. The first-order valence-corrected chi connectivity index (χ1v) is 28.6. The Labute approximate surface area is 486 Å². The molecule has 4 aromatic rings. The number of ether oxygens (including phenoxy) is 1. The number of benzene rings is 4. The maximum Gasteiger partial charge on any atom is 0.303 e. The number of amides is 8. The molecule has 3 heterocycles. The Hall–Kier alpha value is -8.41. The number of phenols is 1. The van der Waals surface area contributed by atoms with Crippen molar-refractivity contribution in [2.45, 2.75) is 152 Å². The van der Waals surface area contributed by atoms with Gasteiger partial charge in [0.15, 0.2) is 0 Å². The van der Waals surface area contributed by atoms with Gasteiger partial charge in [-0.3, -0.25) is 43.2 Å². The van der Waals surface area contributed by atoms with E-state index in [-0.39, 0.29) is 62.9 Å². The number of aryl methyl sites for hydroxylation is 1. The standard InChI is InChI=1S/C61H76N8O15/c1-4-5-6-30-84-46-24-20-41(21-25-46)39-14-12-38(13-15-39)40-16-18-42(19-17-40)55(77)64-47-8-7-29-62-58(80)49-31-43(63-51(74)27-28-52(75)76)33-68(49)60(82)53(35(2)70)67-57(79)48(26-11-37-9-22-44(72)23-10-37)65-59(81)50-32-45(73)34-69(50)61(83)54(36(3)71)66-56(47)78/h9-10,12-25,35-36,43,45,47-50,53-54,70-73H,4-8,11,26-34H2,1-3H3,(H,62,80)(H,63,74)(H,64,77)(H,65,81)(H,66,78)(H,67,79)(H,75,76)/t35-,36-,43+,45-,47?,48?,49?,50?,53?,54?/m1/s1. The second-order valence-electron chi connectivity index (χ2n) is 21.7. The molecule has 6 unspecified atom stereocenters.